The number of carbonyl (C=O) groups is 1. The number of aliphatic carboxylic acids is 1. The van der Waals surface area contributed by atoms with Crippen LogP contribution in [0.1, 0.15) is 29.0 Å². The Morgan fingerprint density at radius 2 is 1.87 bits per heavy atom. The first-order valence-corrected chi connectivity index (χ1v) is 5.03. The molecule has 2 N–H and O–H groups in total. The Morgan fingerprint density at radius 3 is 2.27 bits per heavy atom. The number of carboxylic acid groups (broad SMARTS) is 1. The van der Waals surface area contributed by atoms with Crippen LogP contribution in [-0.2, 0) is 4.79 Å². The van der Waals surface area contributed by atoms with Crippen LogP contribution >= 0.6 is 0 Å². The maximum absolute atomic E-state index is 10.7. The average molecular weight is 206 g/mol. The molecule has 1 aliphatic carbocycles. The van der Waals surface area contributed by atoms with Crippen molar-refractivity contribution in [2.75, 3.05) is 0 Å². The number of aromatic hydroxyl groups is 1. The number of rotatable bonds is 2. The van der Waals surface area contributed by atoms with Crippen LogP contribution in [0.2, 0.25) is 0 Å². The molecule has 0 bridgehead atoms. The summed E-state index contributed by atoms with van der Waals surface area (Å²) in [5.74, 6) is -0.497. The zero-order valence-electron chi connectivity index (χ0n) is 8.82. The van der Waals surface area contributed by atoms with E-state index in [1.165, 1.54) is 0 Å². The Balaban J connectivity index is 2.28. The molecule has 0 amide bonds. The highest BCUT2D eigenvalue weighted by Crippen LogP contribution is 2.48. The molecule has 15 heavy (non-hydrogen) atoms. The normalized spacial score (nSPS) is 23.9. The Morgan fingerprint density at radius 1 is 1.33 bits per heavy atom. The van der Waals surface area contributed by atoms with Gasteiger partial charge in [0.05, 0.1) is 5.92 Å². The van der Waals surface area contributed by atoms with E-state index < -0.39 is 5.97 Å². The van der Waals surface area contributed by atoms with E-state index in [1.807, 2.05) is 26.0 Å². The molecule has 1 fully saturated rings. The summed E-state index contributed by atoms with van der Waals surface area (Å²) in [6, 6.07) is 3.77. The van der Waals surface area contributed by atoms with E-state index in [0.717, 1.165) is 23.1 Å². The fourth-order valence-electron chi connectivity index (χ4n) is 2.04. The summed E-state index contributed by atoms with van der Waals surface area (Å²) in [4.78, 5) is 10.7. The van der Waals surface area contributed by atoms with Crippen LogP contribution < -0.4 is 0 Å². The lowest BCUT2D eigenvalue weighted by atomic mass is 10.0. The minimum absolute atomic E-state index is 0.139. The fraction of sp³-hybridized carbons (Fsp3) is 0.417. The summed E-state index contributed by atoms with van der Waals surface area (Å²) < 4.78 is 0. The van der Waals surface area contributed by atoms with Crippen molar-refractivity contribution in [3.8, 4) is 5.75 Å². The first kappa shape index (κ1) is 10.0. The highest BCUT2D eigenvalue weighted by Gasteiger charge is 2.44. The van der Waals surface area contributed by atoms with E-state index in [-0.39, 0.29) is 11.8 Å². The van der Waals surface area contributed by atoms with Gasteiger partial charge in [-0.25, -0.2) is 0 Å². The molecule has 2 rings (SSSR count). The van der Waals surface area contributed by atoms with Crippen LogP contribution in [0.25, 0.3) is 0 Å². The molecule has 3 heteroatoms. The molecule has 3 nitrogen and oxygen atoms in total. The molecule has 0 aliphatic heterocycles. The Kier molecular flexibility index (Phi) is 2.18. The van der Waals surface area contributed by atoms with Gasteiger partial charge in [0.25, 0.3) is 0 Å². The maximum atomic E-state index is 10.7. The molecule has 0 radical (unpaired) electrons. The fourth-order valence-corrected chi connectivity index (χ4v) is 2.04. The quantitative estimate of drug-likeness (QED) is 0.779. The van der Waals surface area contributed by atoms with Crippen LogP contribution in [0.5, 0.6) is 5.75 Å². The largest absolute Gasteiger partial charge is 0.507 e. The zero-order chi connectivity index (χ0) is 11.2. The van der Waals surface area contributed by atoms with Crippen molar-refractivity contribution in [3.63, 3.8) is 0 Å². The first-order chi connectivity index (χ1) is 7.00. The van der Waals surface area contributed by atoms with E-state index in [2.05, 4.69) is 0 Å². The summed E-state index contributed by atoms with van der Waals surface area (Å²) >= 11 is 0. The molecular formula is C12H14O3. The van der Waals surface area contributed by atoms with Gasteiger partial charge in [-0.3, -0.25) is 4.79 Å². The molecule has 1 aromatic rings. The van der Waals surface area contributed by atoms with Gasteiger partial charge in [-0.05, 0) is 42.9 Å². The van der Waals surface area contributed by atoms with E-state index in [0.29, 0.717) is 5.75 Å². The second-order valence-corrected chi connectivity index (χ2v) is 4.29. The topological polar surface area (TPSA) is 57.5 Å². The molecule has 0 unspecified atom stereocenters. The number of aryl methyl sites for hydroxylation is 2. The summed E-state index contributed by atoms with van der Waals surface area (Å²) in [5.41, 5.74) is 2.68. The monoisotopic (exact) mass is 206 g/mol. The molecule has 0 heterocycles. The Hall–Kier alpha value is -1.51. The molecular weight excluding hydrogens is 192 g/mol. The summed E-state index contributed by atoms with van der Waals surface area (Å²) in [7, 11) is 0. The summed E-state index contributed by atoms with van der Waals surface area (Å²) in [5, 5.41) is 18.4. The molecule has 0 aromatic heterocycles. The number of hydrogen-bond donors (Lipinski definition) is 2. The third-order valence-corrected chi connectivity index (χ3v) is 3.05. The molecule has 1 aliphatic rings. The van der Waals surface area contributed by atoms with Gasteiger partial charge in [0.1, 0.15) is 5.75 Å². The van der Waals surface area contributed by atoms with E-state index in [4.69, 9.17) is 5.11 Å². The molecule has 1 saturated carbocycles. The predicted octanol–water partition coefficient (Wildman–Crippen LogP) is 2.20. The van der Waals surface area contributed by atoms with Gasteiger partial charge in [-0.1, -0.05) is 12.1 Å². The van der Waals surface area contributed by atoms with Gasteiger partial charge >= 0.3 is 5.97 Å². The minimum atomic E-state index is -0.719. The second-order valence-electron chi connectivity index (χ2n) is 4.29. The van der Waals surface area contributed by atoms with Crippen molar-refractivity contribution < 1.29 is 15.0 Å². The number of hydrogen-bond acceptors (Lipinski definition) is 2. The smallest absolute Gasteiger partial charge is 0.307 e. The first-order valence-electron chi connectivity index (χ1n) is 5.03. The molecule has 80 valence electrons. The minimum Gasteiger partial charge on any atom is -0.507 e. The van der Waals surface area contributed by atoms with Crippen LogP contribution in [-0.4, -0.2) is 16.2 Å². The SMILES string of the molecule is Cc1cc([C@@H]2C[C@H]2C(=O)O)cc(C)c1O. The van der Waals surface area contributed by atoms with Gasteiger partial charge in [-0.2, -0.15) is 0 Å². The van der Waals surface area contributed by atoms with E-state index in [1.54, 1.807) is 0 Å². The van der Waals surface area contributed by atoms with Crippen molar-refractivity contribution in [2.45, 2.75) is 26.2 Å². The lowest BCUT2D eigenvalue weighted by molar-refractivity contribution is -0.138. The zero-order valence-corrected chi connectivity index (χ0v) is 8.82. The Labute approximate surface area is 88.4 Å². The van der Waals surface area contributed by atoms with Crippen LogP contribution in [0, 0.1) is 19.8 Å². The molecule has 1 aromatic carbocycles. The molecule has 0 spiro atoms. The van der Waals surface area contributed by atoms with Crippen molar-refractivity contribution in [3.05, 3.63) is 28.8 Å². The van der Waals surface area contributed by atoms with E-state index >= 15 is 0 Å². The van der Waals surface area contributed by atoms with Gasteiger partial charge in [0.2, 0.25) is 0 Å². The average Bonchev–Trinajstić information content (AvgIpc) is 2.92. The third-order valence-electron chi connectivity index (χ3n) is 3.05. The number of phenolic OH excluding ortho intramolecular Hbond substituents is 1. The number of carboxylic acids is 1. The Bertz CT molecular complexity index is 400. The van der Waals surface area contributed by atoms with Crippen molar-refractivity contribution in [2.24, 2.45) is 5.92 Å². The highest BCUT2D eigenvalue weighted by atomic mass is 16.4. The van der Waals surface area contributed by atoms with Crippen molar-refractivity contribution in [1.29, 1.82) is 0 Å². The standard InChI is InChI=1S/C12H14O3/c1-6-3-8(4-7(2)11(6)13)9-5-10(9)12(14)15/h3-4,9-10,13H,5H2,1-2H3,(H,14,15)/t9-,10+/m0/s1. The summed E-state index contributed by atoms with van der Waals surface area (Å²) in [6.07, 6.45) is 0.721. The van der Waals surface area contributed by atoms with Gasteiger partial charge in [0, 0.05) is 0 Å². The van der Waals surface area contributed by atoms with Crippen LogP contribution in [0.4, 0.5) is 0 Å². The lowest BCUT2D eigenvalue weighted by Gasteiger charge is -2.06. The summed E-state index contributed by atoms with van der Waals surface area (Å²) in [6.45, 7) is 3.67. The number of benzene rings is 1. The second kappa shape index (κ2) is 3.26. The molecule has 0 saturated heterocycles. The predicted molar refractivity (Wildman–Crippen MR) is 56.1 cm³/mol. The van der Waals surface area contributed by atoms with Crippen molar-refractivity contribution >= 4 is 5.97 Å². The van der Waals surface area contributed by atoms with Gasteiger partial charge < -0.3 is 10.2 Å². The highest BCUT2D eigenvalue weighted by molar-refractivity contribution is 5.75. The van der Waals surface area contributed by atoms with Crippen LogP contribution in [0.3, 0.4) is 0 Å². The van der Waals surface area contributed by atoms with Gasteiger partial charge in [-0.15, -0.1) is 0 Å². The van der Waals surface area contributed by atoms with Crippen LogP contribution in [0.15, 0.2) is 12.1 Å². The molecule has 2 atom stereocenters. The van der Waals surface area contributed by atoms with Crippen molar-refractivity contribution in [1.82, 2.24) is 0 Å². The van der Waals surface area contributed by atoms with E-state index in [9.17, 15) is 9.90 Å². The number of phenols is 1. The lowest BCUT2D eigenvalue weighted by Crippen LogP contribution is -1.99. The maximum Gasteiger partial charge on any atom is 0.307 e. The van der Waals surface area contributed by atoms with Gasteiger partial charge in [0.15, 0.2) is 0 Å². The third kappa shape index (κ3) is 1.69.